The highest BCUT2D eigenvalue weighted by Gasteiger charge is 2.52. The minimum absolute atomic E-state index is 0.159. The molecule has 0 bridgehead atoms. The first-order valence-electron chi connectivity index (χ1n) is 9.02. The average Bonchev–Trinajstić information content (AvgIpc) is 3.26. The van der Waals surface area contributed by atoms with E-state index in [9.17, 15) is 14.4 Å². The van der Waals surface area contributed by atoms with E-state index < -0.39 is 11.6 Å². The molecule has 2 aromatic rings. The predicted molar refractivity (Wildman–Crippen MR) is 102 cm³/mol. The molecule has 1 spiro atoms. The Balaban J connectivity index is 1.45. The number of carbonyl (C=O) groups excluding carboxylic acids is 3. The van der Waals surface area contributed by atoms with E-state index in [2.05, 4.69) is 16.7 Å². The molecule has 1 aromatic heterocycles. The van der Waals surface area contributed by atoms with E-state index in [0.29, 0.717) is 12.8 Å². The number of fused-ring (bicyclic) bond motifs is 1. The third-order valence-corrected chi connectivity index (χ3v) is 6.38. The van der Waals surface area contributed by atoms with Crippen LogP contribution in [-0.2, 0) is 22.4 Å². The molecule has 4 rings (SSSR count). The average molecular weight is 383 g/mol. The maximum absolute atomic E-state index is 13.0. The maximum atomic E-state index is 13.0. The lowest BCUT2D eigenvalue weighted by atomic mass is 9.78. The summed E-state index contributed by atoms with van der Waals surface area (Å²) in [6.07, 6.45) is 1.76. The van der Waals surface area contributed by atoms with Crippen LogP contribution in [-0.4, -0.2) is 34.8 Å². The zero-order chi connectivity index (χ0) is 19.0. The molecule has 7 heteroatoms. The zero-order valence-corrected chi connectivity index (χ0v) is 15.8. The van der Waals surface area contributed by atoms with Gasteiger partial charge >= 0.3 is 6.03 Å². The second-order valence-corrected chi connectivity index (χ2v) is 8.13. The Morgan fingerprint density at radius 2 is 2.04 bits per heavy atom. The van der Waals surface area contributed by atoms with Crippen LogP contribution in [0.4, 0.5) is 4.79 Å². The fraction of sp³-hybridized carbons (Fsp3) is 0.350. The number of carbonyl (C=O) groups is 3. The Kier molecular flexibility index (Phi) is 4.47. The van der Waals surface area contributed by atoms with Gasteiger partial charge in [-0.15, -0.1) is 11.3 Å². The number of thiophene rings is 1. The largest absolute Gasteiger partial charge is 0.347 e. The molecule has 2 N–H and O–H groups in total. The monoisotopic (exact) mass is 383 g/mol. The van der Waals surface area contributed by atoms with Crippen molar-refractivity contribution in [2.45, 2.75) is 37.8 Å². The molecule has 140 valence electrons. The van der Waals surface area contributed by atoms with E-state index in [1.54, 1.807) is 11.3 Å². The fourth-order valence-electron chi connectivity index (χ4n) is 3.88. The van der Waals surface area contributed by atoms with E-state index in [-0.39, 0.29) is 24.4 Å². The number of urea groups is 1. The summed E-state index contributed by atoms with van der Waals surface area (Å²) in [7, 11) is 0. The minimum atomic E-state index is -0.926. The van der Waals surface area contributed by atoms with Gasteiger partial charge in [0, 0.05) is 11.3 Å². The normalized spacial score (nSPS) is 22.5. The van der Waals surface area contributed by atoms with Crippen LogP contribution in [0.2, 0.25) is 0 Å². The first kappa shape index (κ1) is 17.7. The van der Waals surface area contributed by atoms with Crippen LogP contribution in [0, 0.1) is 0 Å². The number of rotatable bonds is 4. The van der Waals surface area contributed by atoms with Crippen LogP contribution >= 0.6 is 11.3 Å². The van der Waals surface area contributed by atoms with Crippen molar-refractivity contribution in [1.82, 2.24) is 15.5 Å². The van der Waals surface area contributed by atoms with E-state index in [1.165, 1.54) is 5.56 Å². The molecule has 1 saturated heterocycles. The molecule has 27 heavy (non-hydrogen) atoms. The van der Waals surface area contributed by atoms with Crippen molar-refractivity contribution in [2.24, 2.45) is 0 Å². The number of amides is 4. The zero-order valence-electron chi connectivity index (χ0n) is 15.0. The Labute approximate surface area is 161 Å². The summed E-state index contributed by atoms with van der Waals surface area (Å²) in [5, 5.41) is 7.66. The van der Waals surface area contributed by atoms with Gasteiger partial charge in [0.15, 0.2) is 0 Å². The highest BCUT2D eigenvalue weighted by atomic mass is 32.1. The SMILES string of the molecule is CC(NC(=O)CN1C(=O)NC2(CCc3ccccc3C2)C1=O)c1cccs1. The first-order chi connectivity index (χ1) is 13.0. The molecule has 1 aromatic carbocycles. The molecule has 1 fully saturated rings. The summed E-state index contributed by atoms with van der Waals surface area (Å²) in [6, 6.07) is 11.2. The lowest BCUT2D eigenvalue weighted by Crippen LogP contribution is -2.51. The molecule has 2 atom stereocenters. The number of imide groups is 1. The Morgan fingerprint density at radius 1 is 1.26 bits per heavy atom. The molecule has 6 nitrogen and oxygen atoms in total. The van der Waals surface area contributed by atoms with Gasteiger partial charge in [0.05, 0.1) is 6.04 Å². The van der Waals surface area contributed by atoms with Crippen molar-refractivity contribution in [1.29, 1.82) is 0 Å². The number of aryl methyl sites for hydroxylation is 1. The van der Waals surface area contributed by atoms with Crippen LogP contribution in [0.3, 0.4) is 0 Å². The van der Waals surface area contributed by atoms with Crippen LogP contribution in [0.5, 0.6) is 0 Å². The highest BCUT2D eigenvalue weighted by molar-refractivity contribution is 7.10. The number of benzene rings is 1. The van der Waals surface area contributed by atoms with Gasteiger partial charge in [-0.3, -0.25) is 14.5 Å². The molecule has 0 radical (unpaired) electrons. The van der Waals surface area contributed by atoms with Crippen LogP contribution in [0.15, 0.2) is 41.8 Å². The number of hydrogen-bond acceptors (Lipinski definition) is 4. The van der Waals surface area contributed by atoms with Crippen LogP contribution in [0.25, 0.3) is 0 Å². The minimum Gasteiger partial charge on any atom is -0.347 e. The second kappa shape index (κ2) is 6.81. The Hall–Kier alpha value is -2.67. The van der Waals surface area contributed by atoms with Gasteiger partial charge in [-0.25, -0.2) is 4.79 Å². The smallest absolute Gasteiger partial charge is 0.325 e. The lowest BCUT2D eigenvalue weighted by molar-refractivity contribution is -0.135. The van der Waals surface area contributed by atoms with Crippen LogP contribution < -0.4 is 10.6 Å². The summed E-state index contributed by atoms with van der Waals surface area (Å²) in [4.78, 5) is 39.9. The van der Waals surface area contributed by atoms with E-state index in [4.69, 9.17) is 0 Å². The quantitative estimate of drug-likeness (QED) is 0.796. The first-order valence-corrected chi connectivity index (χ1v) is 9.90. The lowest BCUT2D eigenvalue weighted by Gasteiger charge is -2.32. The number of hydrogen-bond donors (Lipinski definition) is 2. The van der Waals surface area contributed by atoms with Crippen molar-refractivity contribution in [3.8, 4) is 0 Å². The van der Waals surface area contributed by atoms with Gasteiger partial charge in [0.2, 0.25) is 5.91 Å². The summed E-state index contributed by atoms with van der Waals surface area (Å²) in [5.74, 6) is -0.645. The molecule has 2 heterocycles. The predicted octanol–water partition coefficient (Wildman–Crippen LogP) is 2.40. The molecular formula is C20H21N3O3S. The van der Waals surface area contributed by atoms with E-state index >= 15 is 0 Å². The Morgan fingerprint density at radius 3 is 2.78 bits per heavy atom. The van der Waals surface area contributed by atoms with Gasteiger partial charge in [-0.05, 0) is 42.3 Å². The second-order valence-electron chi connectivity index (χ2n) is 7.15. The molecular weight excluding hydrogens is 362 g/mol. The van der Waals surface area contributed by atoms with Gasteiger partial charge < -0.3 is 10.6 Å². The highest BCUT2D eigenvalue weighted by Crippen LogP contribution is 2.33. The molecule has 2 aliphatic rings. The molecule has 1 aliphatic carbocycles. The van der Waals surface area contributed by atoms with Crippen molar-refractivity contribution < 1.29 is 14.4 Å². The molecule has 1 aliphatic heterocycles. The third-order valence-electron chi connectivity index (χ3n) is 5.33. The molecule has 0 saturated carbocycles. The molecule has 2 unspecified atom stereocenters. The summed E-state index contributed by atoms with van der Waals surface area (Å²) >= 11 is 1.55. The van der Waals surface area contributed by atoms with Crippen molar-refractivity contribution >= 4 is 29.2 Å². The van der Waals surface area contributed by atoms with Crippen molar-refractivity contribution in [2.75, 3.05) is 6.54 Å². The maximum Gasteiger partial charge on any atom is 0.325 e. The van der Waals surface area contributed by atoms with Crippen molar-refractivity contribution in [3.05, 3.63) is 57.8 Å². The van der Waals surface area contributed by atoms with Crippen molar-refractivity contribution in [3.63, 3.8) is 0 Å². The van der Waals surface area contributed by atoms with Gasteiger partial charge in [-0.1, -0.05) is 30.3 Å². The standard InChI is InChI=1S/C20H21N3O3S/c1-13(16-7-4-10-27-16)21-17(24)12-23-18(25)20(22-19(23)26)9-8-14-5-2-3-6-15(14)11-20/h2-7,10,13H,8-9,11-12H2,1H3,(H,21,24)(H,22,26). The van der Waals surface area contributed by atoms with E-state index in [0.717, 1.165) is 21.8 Å². The van der Waals surface area contributed by atoms with Gasteiger partial charge in [-0.2, -0.15) is 0 Å². The van der Waals surface area contributed by atoms with Crippen LogP contribution in [0.1, 0.15) is 35.4 Å². The van der Waals surface area contributed by atoms with Gasteiger partial charge in [0.1, 0.15) is 12.1 Å². The van der Waals surface area contributed by atoms with Gasteiger partial charge in [0.25, 0.3) is 5.91 Å². The number of nitrogens with one attached hydrogen (secondary N) is 2. The van der Waals surface area contributed by atoms with E-state index in [1.807, 2.05) is 42.6 Å². The number of nitrogens with zero attached hydrogens (tertiary/aromatic N) is 1. The Bertz CT molecular complexity index is 896. The summed E-state index contributed by atoms with van der Waals surface area (Å²) < 4.78 is 0. The summed E-state index contributed by atoms with van der Waals surface area (Å²) in [6.45, 7) is 1.62. The third kappa shape index (κ3) is 3.23. The topological polar surface area (TPSA) is 78.5 Å². The molecule has 4 amide bonds. The fourth-order valence-corrected chi connectivity index (χ4v) is 4.62. The summed E-state index contributed by atoms with van der Waals surface area (Å²) in [5.41, 5.74) is 1.37.